The molecule has 26 heavy (non-hydrogen) atoms. The molecule has 6 heteroatoms. The summed E-state index contributed by atoms with van der Waals surface area (Å²) in [5.41, 5.74) is 1.80. The fourth-order valence-corrected chi connectivity index (χ4v) is 3.85. The Balaban J connectivity index is 1.79. The highest BCUT2D eigenvalue weighted by Gasteiger charge is 2.37. The molecule has 1 atom stereocenters. The van der Waals surface area contributed by atoms with Gasteiger partial charge in [-0.1, -0.05) is 67.6 Å². The van der Waals surface area contributed by atoms with Crippen molar-refractivity contribution in [1.29, 1.82) is 0 Å². The van der Waals surface area contributed by atoms with E-state index in [0.29, 0.717) is 11.7 Å². The van der Waals surface area contributed by atoms with Gasteiger partial charge in [0.05, 0.1) is 18.0 Å². The van der Waals surface area contributed by atoms with Crippen LogP contribution >= 0.6 is 11.8 Å². The lowest BCUT2D eigenvalue weighted by Crippen LogP contribution is -2.31. The molecular formula is C20H20FN3OS. The van der Waals surface area contributed by atoms with Crippen LogP contribution in [0.3, 0.4) is 0 Å². The Morgan fingerprint density at radius 3 is 2.58 bits per heavy atom. The maximum Gasteiger partial charge on any atom is 0.242 e. The highest BCUT2D eigenvalue weighted by atomic mass is 32.2. The highest BCUT2D eigenvalue weighted by molar-refractivity contribution is 8.15. The van der Waals surface area contributed by atoms with E-state index in [1.165, 1.54) is 23.9 Å². The Kier molecular flexibility index (Phi) is 6.17. The Labute approximate surface area is 156 Å². The van der Waals surface area contributed by atoms with Crippen LogP contribution < -0.4 is 0 Å². The number of nitrogens with zero attached hydrogens (tertiary/aromatic N) is 3. The van der Waals surface area contributed by atoms with Crippen molar-refractivity contribution in [3.8, 4) is 0 Å². The summed E-state index contributed by atoms with van der Waals surface area (Å²) in [7, 11) is 0. The molecule has 0 radical (unpaired) electrons. The molecule has 1 fully saturated rings. The number of thioether (sulfide) groups is 1. The van der Waals surface area contributed by atoms with Crippen molar-refractivity contribution in [3.63, 3.8) is 0 Å². The van der Waals surface area contributed by atoms with Crippen LogP contribution in [0.1, 0.15) is 30.9 Å². The zero-order valence-corrected chi connectivity index (χ0v) is 15.3. The monoisotopic (exact) mass is 369 g/mol. The Bertz CT molecular complexity index is 806. The van der Waals surface area contributed by atoms with Gasteiger partial charge in [0.15, 0.2) is 5.17 Å². The van der Waals surface area contributed by atoms with E-state index in [9.17, 15) is 9.18 Å². The normalized spacial score (nSPS) is 19.0. The summed E-state index contributed by atoms with van der Waals surface area (Å²) in [4.78, 5) is 14.3. The molecular weight excluding hydrogens is 349 g/mol. The molecule has 0 spiro atoms. The van der Waals surface area contributed by atoms with Gasteiger partial charge in [0, 0.05) is 0 Å². The molecule has 1 unspecified atom stereocenters. The molecule has 2 aromatic rings. The van der Waals surface area contributed by atoms with Crippen LogP contribution in [0, 0.1) is 5.82 Å². The first-order chi connectivity index (χ1) is 12.7. The average molecular weight is 369 g/mol. The van der Waals surface area contributed by atoms with Crippen LogP contribution in [0.15, 0.2) is 64.8 Å². The van der Waals surface area contributed by atoms with E-state index < -0.39 is 0 Å². The number of hydrogen-bond acceptors (Lipinski definition) is 4. The molecule has 1 amide bonds. The van der Waals surface area contributed by atoms with Gasteiger partial charge in [0.25, 0.3) is 0 Å². The van der Waals surface area contributed by atoms with Gasteiger partial charge in [-0.25, -0.2) is 4.39 Å². The summed E-state index contributed by atoms with van der Waals surface area (Å²) in [5, 5.41) is 8.88. The lowest BCUT2D eigenvalue weighted by atomic mass is 10.2. The highest BCUT2D eigenvalue weighted by Crippen LogP contribution is 2.31. The van der Waals surface area contributed by atoms with Crippen LogP contribution in [0.4, 0.5) is 4.39 Å². The van der Waals surface area contributed by atoms with Gasteiger partial charge in [-0.05, 0) is 29.7 Å². The van der Waals surface area contributed by atoms with Crippen LogP contribution in [0.2, 0.25) is 0 Å². The van der Waals surface area contributed by atoms with Crippen molar-refractivity contribution in [3.05, 3.63) is 71.5 Å². The van der Waals surface area contributed by atoms with Crippen molar-refractivity contribution >= 4 is 29.1 Å². The van der Waals surface area contributed by atoms with Crippen molar-refractivity contribution < 1.29 is 9.18 Å². The first-order valence-electron chi connectivity index (χ1n) is 8.56. The van der Waals surface area contributed by atoms with Gasteiger partial charge in [-0.15, -0.1) is 5.10 Å². The number of carbonyl (C=O) groups excluding carboxylic acids is 1. The SMILES string of the molecule is CCCC1S/C(=N/N=C/c2ccccc2)N(Cc2ccc(F)cc2)C1=O. The quantitative estimate of drug-likeness (QED) is 0.557. The molecule has 0 saturated carbocycles. The minimum Gasteiger partial charge on any atom is -0.284 e. The lowest BCUT2D eigenvalue weighted by molar-refractivity contribution is -0.126. The molecule has 1 aliphatic rings. The second-order valence-electron chi connectivity index (χ2n) is 5.98. The largest absolute Gasteiger partial charge is 0.284 e. The van der Waals surface area contributed by atoms with E-state index in [1.54, 1.807) is 23.2 Å². The smallest absolute Gasteiger partial charge is 0.242 e. The Hall–Kier alpha value is -2.47. The molecule has 1 saturated heterocycles. The second-order valence-corrected chi connectivity index (χ2v) is 7.15. The second kappa shape index (κ2) is 8.76. The fourth-order valence-electron chi connectivity index (χ4n) is 2.63. The number of hydrogen-bond donors (Lipinski definition) is 0. The van der Waals surface area contributed by atoms with E-state index in [0.717, 1.165) is 24.0 Å². The number of amides is 1. The summed E-state index contributed by atoms with van der Waals surface area (Å²) in [6.07, 6.45) is 3.39. The van der Waals surface area contributed by atoms with Crippen molar-refractivity contribution in [2.75, 3.05) is 0 Å². The minimum absolute atomic E-state index is 0.0369. The van der Waals surface area contributed by atoms with Crippen LogP contribution in [0.5, 0.6) is 0 Å². The molecule has 1 heterocycles. The summed E-state index contributed by atoms with van der Waals surface area (Å²) < 4.78 is 13.1. The van der Waals surface area contributed by atoms with Crippen LogP contribution in [-0.2, 0) is 11.3 Å². The fraction of sp³-hybridized carbons (Fsp3) is 0.250. The summed E-state index contributed by atoms with van der Waals surface area (Å²) in [6.45, 7) is 2.42. The topological polar surface area (TPSA) is 45.0 Å². The Morgan fingerprint density at radius 2 is 1.88 bits per heavy atom. The zero-order valence-electron chi connectivity index (χ0n) is 14.5. The molecule has 0 aliphatic carbocycles. The van der Waals surface area contributed by atoms with Gasteiger partial charge < -0.3 is 0 Å². The Morgan fingerprint density at radius 1 is 1.15 bits per heavy atom. The van der Waals surface area contributed by atoms with Gasteiger partial charge in [0.2, 0.25) is 5.91 Å². The molecule has 0 N–H and O–H groups in total. The zero-order chi connectivity index (χ0) is 18.4. The van der Waals surface area contributed by atoms with E-state index in [1.807, 2.05) is 30.3 Å². The van der Waals surface area contributed by atoms with E-state index in [-0.39, 0.29) is 17.0 Å². The molecule has 0 aromatic heterocycles. The molecule has 2 aromatic carbocycles. The molecule has 1 aliphatic heterocycles. The molecule has 3 rings (SSSR count). The predicted molar refractivity (Wildman–Crippen MR) is 105 cm³/mol. The third-order valence-corrected chi connectivity index (χ3v) is 5.21. The molecule has 4 nitrogen and oxygen atoms in total. The predicted octanol–water partition coefficient (Wildman–Crippen LogP) is 4.46. The summed E-state index contributed by atoms with van der Waals surface area (Å²) in [6, 6.07) is 15.8. The number of amidine groups is 1. The number of benzene rings is 2. The van der Waals surface area contributed by atoms with E-state index >= 15 is 0 Å². The maximum absolute atomic E-state index is 13.1. The van der Waals surface area contributed by atoms with E-state index in [4.69, 9.17) is 0 Å². The van der Waals surface area contributed by atoms with Crippen molar-refractivity contribution in [2.45, 2.75) is 31.6 Å². The molecule has 134 valence electrons. The summed E-state index contributed by atoms with van der Waals surface area (Å²) in [5.74, 6) is -0.254. The first kappa shape index (κ1) is 18.3. The number of rotatable bonds is 6. The number of carbonyl (C=O) groups is 1. The third-order valence-electron chi connectivity index (χ3n) is 3.97. The van der Waals surface area contributed by atoms with Gasteiger partial charge in [-0.3, -0.25) is 9.69 Å². The van der Waals surface area contributed by atoms with Crippen LogP contribution in [0.25, 0.3) is 0 Å². The lowest BCUT2D eigenvalue weighted by Gasteiger charge is -2.15. The summed E-state index contributed by atoms with van der Waals surface area (Å²) >= 11 is 1.45. The van der Waals surface area contributed by atoms with Gasteiger partial charge in [0.1, 0.15) is 5.82 Å². The van der Waals surface area contributed by atoms with Crippen molar-refractivity contribution in [2.24, 2.45) is 10.2 Å². The van der Waals surface area contributed by atoms with Crippen LogP contribution in [-0.4, -0.2) is 27.4 Å². The van der Waals surface area contributed by atoms with Gasteiger partial charge in [-0.2, -0.15) is 5.10 Å². The molecule has 0 bridgehead atoms. The third kappa shape index (κ3) is 4.58. The van der Waals surface area contributed by atoms with E-state index in [2.05, 4.69) is 17.1 Å². The standard InChI is InChI=1S/C20H20FN3OS/c1-2-6-18-19(25)24(14-16-9-11-17(21)12-10-16)20(26-18)23-22-13-15-7-4-3-5-8-15/h3-5,7-13,18H,2,6,14H2,1H3/b22-13+,23-20+. The number of halogens is 1. The minimum atomic E-state index is -0.291. The maximum atomic E-state index is 13.1. The van der Waals surface area contributed by atoms with Gasteiger partial charge >= 0.3 is 0 Å². The van der Waals surface area contributed by atoms with Crippen molar-refractivity contribution in [1.82, 2.24) is 4.90 Å². The average Bonchev–Trinajstić information content (AvgIpc) is 2.94. The first-order valence-corrected chi connectivity index (χ1v) is 9.44.